The van der Waals surface area contributed by atoms with Crippen LogP contribution >= 0.6 is 0 Å². The number of benzene rings is 2. The van der Waals surface area contributed by atoms with Gasteiger partial charge in [-0.25, -0.2) is 0 Å². The van der Waals surface area contributed by atoms with Crippen molar-refractivity contribution in [2.24, 2.45) is 0 Å². The Hall–Kier alpha value is -2.15. The molecule has 0 saturated carbocycles. The molecule has 7 heteroatoms. The number of nitrogens with zero attached hydrogens (tertiary/aromatic N) is 1. The summed E-state index contributed by atoms with van der Waals surface area (Å²) < 4.78 is 50.0. The molecule has 1 aliphatic heterocycles. The van der Waals surface area contributed by atoms with E-state index in [9.17, 15) is 22.2 Å². The largest absolute Gasteiger partial charge is 0.416 e. The van der Waals surface area contributed by atoms with Crippen molar-refractivity contribution in [3.05, 3.63) is 70.8 Å². The number of hydrogen-bond acceptors (Lipinski definition) is 2. The molecular formula is C20H20F3NO2S. The second-order valence-corrected chi connectivity index (χ2v) is 8.08. The molecule has 0 spiro atoms. The lowest BCUT2D eigenvalue weighted by atomic mass is 10.1. The smallest absolute Gasteiger partial charge is 0.339 e. The van der Waals surface area contributed by atoms with Gasteiger partial charge in [-0.1, -0.05) is 24.3 Å². The highest BCUT2D eigenvalue weighted by Crippen LogP contribution is 2.29. The summed E-state index contributed by atoms with van der Waals surface area (Å²) in [5.74, 6) is 0.496. The molecule has 0 aromatic heterocycles. The van der Waals surface area contributed by atoms with Crippen LogP contribution in [-0.4, -0.2) is 28.1 Å². The molecule has 1 unspecified atom stereocenters. The van der Waals surface area contributed by atoms with Crippen LogP contribution in [0.4, 0.5) is 13.2 Å². The number of carbonyl (C=O) groups excluding carboxylic acids is 1. The quantitative estimate of drug-likeness (QED) is 0.753. The predicted octanol–water partition coefficient (Wildman–Crippen LogP) is 4.39. The Morgan fingerprint density at radius 1 is 0.889 bits per heavy atom. The summed E-state index contributed by atoms with van der Waals surface area (Å²) in [6.07, 6.45) is -2.30. The normalized spacial score (nSPS) is 15.7. The fraction of sp³-hybridized carbons (Fsp3) is 0.350. The zero-order chi connectivity index (χ0) is 19.4. The van der Waals surface area contributed by atoms with Crippen molar-refractivity contribution in [2.45, 2.75) is 30.5 Å². The van der Waals surface area contributed by atoms with E-state index in [0.717, 1.165) is 43.6 Å². The van der Waals surface area contributed by atoms with E-state index >= 15 is 0 Å². The van der Waals surface area contributed by atoms with Gasteiger partial charge >= 0.3 is 6.18 Å². The lowest BCUT2D eigenvalue weighted by Gasteiger charge is -2.15. The van der Waals surface area contributed by atoms with Gasteiger partial charge in [0.1, 0.15) is 0 Å². The van der Waals surface area contributed by atoms with Gasteiger partial charge in [0.05, 0.1) is 5.56 Å². The summed E-state index contributed by atoms with van der Waals surface area (Å²) in [5.41, 5.74) is 1.34. The Balaban J connectivity index is 1.57. The number of hydrogen-bond donors (Lipinski definition) is 0. The maximum Gasteiger partial charge on any atom is 0.416 e. The van der Waals surface area contributed by atoms with Gasteiger partial charge in [0.25, 0.3) is 5.91 Å². The molecule has 1 aliphatic rings. The first-order valence-corrected chi connectivity index (χ1v) is 10.2. The van der Waals surface area contributed by atoms with E-state index in [2.05, 4.69) is 0 Å². The summed E-state index contributed by atoms with van der Waals surface area (Å²) >= 11 is 0. The minimum absolute atomic E-state index is 0.0185. The molecule has 1 amide bonds. The van der Waals surface area contributed by atoms with E-state index in [-0.39, 0.29) is 11.7 Å². The monoisotopic (exact) mass is 395 g/mol. The van der Waals surface area contributed by atoms with Crippen LogP contribution in [-0.2, 0) is 28.5 Å². The van der Waals surface area contributed by atoms with Crippen molar-refractivity contribution in [1.82, 2.24) is 4.90 Å². The molecule has 1 heterocycles. The van der Waals surface area contributed by atoms with E-state index in [1.807, 2.05) is 4.90 Å². The van der Waals surface area contributed by atoms with Crippen LogP contribution in [0.1, 0.15) is 39.9 Å². The standard InChI is InChI=1S/C20H20F3NO2S/c21-20(22,23)18-9-5-16(6-10-18)14-27(26)13-15-3-7-17(8-4-15)19(25)24-11-1-2-12-24/h3-10H,1-2,11-14H2. The topological polar surface area (TPSA) is 37.4 Å². The Morgan fingerprint density at radius 3 is 1.85 bits per heavy atom. The Kier molecular flexibility index (Phi) is 5.99. The molecule has 1 fully saturated rings. The van der Waals surface area contributed by atoms with Crippen molar-refractivity contribution in [2.75, 3.05) is 13.1 Å². The van der Waals surface area contributed by atoms with Crippen molar-refractivity contribution < 1.29 is 22.2 Å². The Morgan fingerprint density at radius 2 is 1.37 bits per heavy atom. The molecule has 0 bridgehead atoms. The van der Waals surface area contributed by atoms with Crippen LogP contribution in [0.5, 0.6) is 0 Å². The van der Waals surface area contributed by atoms with E-state index in [1.165, 1.54) is 12.1 Å². The second-order valence-electron chi connectivity index (χ2n) is 6.62. The summed E-state index contributed by atoms with van der Waals surface area (Å²) in [6.45, 7) is 1.58. The van der Waals surface area contributed by atoms with Gasteiger partial charge in [-0.15, -0.1) is 0 Å². The first kappa shape index (κ1) is 19.6. The maximum atomic E-state index is 12.6. The van der Waals surface area contributed by atoms with Gasteiger partial charge in [0.15, 0.2) is 0 Å². The molecule has 27 heavy (non-hydrogen) atoms. The van der Waals surface area contributed by atoms with Crippen molar-refractivity contribution in [3.63, 3.8) is 0 Å². The number of rotatable bonds is 5. The van der Waals surface area contributed by atoms with Crippen molar-refractivity contribution in [3.8, 4) is 0 Å². The highest BCUT2D eigenvalue weighted by atomic mass is 32.2. The minimum atomic E-state index is -4.37. The first-order chi connectivity index (χ1) is 12.8. The van der Waals surface area contributed by atoms with Crippen molar-refractivity contribution in [1.29, 1.82) is 0 Å². The molecule has 0 N–H and O–H groups in total. The number of carbonyl (C=O) groups is 1. The van der Waals surface area contributed by atoms with E-state index < -0.39 is 22.5 Å². The summed E-state index contributed by atoms with van der Waals surface area (Å²) in [4.78, 5) is 14.1. The molecule has 144 valence electrons. The Bertz CT molecular complexity index is 811. The average molecular weight is 395 g/mol. The molecule has 1 saturated heterocycles. The number of likely N-dealkylation sites (tertiary alicyclic amines) is 1. The summed E-state index contributed by atoms with van der Waals surface area (Å²) in [5, 5.41) is 0. The summed E-state index contributed by atoms with van der Waals surface area (Å²) in [7, 11) is -1.25. The third-order valence-corrected chi connectivity index (χ3v) is 5.84. The number of amides is 1. The van der Waals surface area contributed by atoms with Crippen LogP contribution in [0.3, 0.4) is 0 Å². The molecule has 2 aromatic rings. The lowest BCUT2D eigenvalue weighted by molar-refractivity contribution is -0.137. The first-order valence-electron chi connectivity index (χ1n) is 8.72. The lowest BCUT2D eigenvalue weighted by Crippen LogP contribution is -2.27. The molecule has 2 aromatic carbocycles. The molecule has 3 rings (SSSR count). The van der Waals surface area contributed by atoms with E-state index in [1.54, 1.807) is 24.3 Å². The fourth-order valence-corrected chi connectivity index (χ4v) is 4.29. The van der Waals surface area contributed by atoms with E-state index in [0.29, 0.717) is 16.9 Å². The highest BCUT2D eigenvalue weighted by Gasteiger charge is 2.30. The molecule has 3 nitrogen and oxygen atoms in total. The molecular weight excluding hydrogens is 375 g/mol. The third-order valence-electron chi connectivity index (χ3n) is 4.53. The van der Waals surface area contributed by atoms with Crippen LogP contribution in [0.15, 0.2) is 48.5 Å². The van der Waals surface area contributed by atoms with Crippen molar-refractivity contribution >= 4 is 16.7 Å². The number of halogens is 3. The number of alkyl halides is 3. The molecule has 1 atom stereocenters. The SMILES string of the molecule is O=C(c1ccc(CS(=O)Cc2ccc(C(F)(F)F)cc2)cc1)N1CCCC1. The Labute approximate surface area is 158 Å². The van der Waals surface area contributed by atoms with Crippen LogP contribution in [0, 0.1) is 0 Å². The molecule has 0 aliphatic carbocycles. The van der Waals surface area contributed by atoms with Gasteiger partial charge in [0.2, 0.25) is 0 Å². The minimum Gasteiger partial charge on any atom is -0.339 e. The van der Waals surface area contributed by atoms with Gasteiger partial charge < -0.3 is 4.90 Å². The van der Waals surface area contributed by atoms with Gasteiger partial charge in [-0.3, -0.25) is 9.00 Å². The van der Waals surface area contributed by atoms with Crippen LogP contribution < -0.4 is 0 Å². The molecule has 0 radical (unpaired) electrons. The second kappa shape index (κ2) is 8.25. The zero-order valence-electron chi connectivity index (χ0n) is 14.7. The highest BCUT2D eigenvalue weighted by molar-refractivity contribution is 7.83. The van der Waals surface area contributed by atoms with Crippen LogP contribution in [0.25, 0.3) is 0 Å². The van der Waals surface area contributed by atoms with Crippen LogP contribution in [0.2, 0.25) is 0 Å². The third kappa shape index (κ3) is 5.19. The van der Waals surface area contributed by atoms with Gasteiger partial charge in [0, 0.05) is 41.0 Å². The zero-order valence-corrected chi connectivity index (χ0v) is 15.5. The summed E-state index contributed by atoms with van der Waals surface area (Å²) in [6, 6.07) is 11.8. The predicted molar refractivity (Wildman–Crippen MR) is 98.6 cm³/mol. The average Bonchev–Trinajstić information content (AvgIpc) is 3.16. The van der Waals surface area contributed by atoms with Gasteiger partial charge in [-0.05, 0) is 48.2 Å². The fourth-order valence-electron chi connectivity index (χ4n) is 3.06. The maximum absolute atomic E-state index is 12.6. The van der Waals surface area contributed by atoms with E-state index in [4.69, 9.17) is 0 Å². The van der Waals surface area contributed by atoms with Gasteiger partial charge in [-0.2, -0.15) is 13.2 Å².